The predicted molar refractivity (Wildman–Crippen MR) is 79.4 cm³/mol. The topological polar surface area (TPSA) is 71.3 Å². The van der Waals surface area contributed by atoms with E-state index in [-0.39, 0.29) is 11.6 Å². The molecule has 0 spiro atoms. The highest BCUT2D eigenvalue weighted by Crippen LogP contribution is 2.08. The summed E-state index contributed by atoms with van der Waals surface area (Å²) in [4.78, 5) is 24.0. The van der Waals surface area contributed by atoms with Gasteiger partial charge in [-0.15, -0.1) is 0 Å². The van der Waals surface area contributed by atoms with Crippen LogP contribution in [0.1, 0.15) is 21.7 Å². The Balaban J connectivity index is 2.21. The summed E-state index contributed by atoms with van der Waals surface area (Å²) in [7, 11) is 1.50. The molecule has 0 radical (unpaired) electrons. The van der Waals surface area contributed by atoms with Crippen molar-refractivity contribution in [3.63, 3.8) is 0 Å². The van der Waals surface area contributed by atoms with Crippen molar-refractivity contribution in [2.45, 2.75) is 6.92 Å². The summed E-state index contributed by atoms with van der Waals surface area (Å²) in [6.07, 6.45) is 2.97. The second-order valence-electron chi connectivity index (χ2n) is 4.47. The van der Waals surface area contributed by atoms with E-state index in [1.165, 1.54) is 19.4 Å². The smallest absolute Gasteiger partial charge is 0.267 e. The highest BCUT2D eigenvalue weighted by atomic mass is 16.3. The maximum Gasteiger partial charge on any atom is 0.267 e. The number of amides is 2. The number of carbonyl (C=O) groups is 2. The van der Waals surface area contributed by atoms with Gasteiger partial charge in [-0.05, 0) is 31.2 Å². The van der Waals surface area contributed by atoms with Gasteiger partial charge in [0.1, 0.15) is 11.5 Å². The van der Waals surface area contributed by atoms with E-state index < -0.39 is 5.91 Å². The minimum atomic E-state index is -0.396. The largest absolute Gasteiger partial charge is 0.465 e. The summed E-state index contributed by atoms with van der Waals surface area (Å²) in [6, 6.07) is 10.5. The Kier molecular flexibility index (Phi) is 4.56. The van der Waals surface area contributed by atoms with Crippen LogP contribution in [0.3, 0.4) is 0 Å². The van der Waals surface area contributed by atoms with E-state index in [4.69, 9.17) is 4.42 Å². The summed E-state index contributed by atoms with van der Waals surface area (Å²) >= 11 is 0. The highest BCUT2D eigenvalue weighted by molar-refractivity contribution is 6.05. The molecule has 0 bridgehead atoms. The molecule has 2 amide bonds. The Morgan fingerprint density at radius 3 is 2.43 bits per heavy atom. The van der Waals surface area contributed by atoms with Gasteiger partial charge in [0.05, 0.1) is 6.26 Å². The number of furan rings is 1. The molecule has 5 nitrogen and oxygen atoms in total. The van der Waals surface area contributed by atoms with E-state index in [1.807, 2.05) is 19.1 Å². The zero-order valence-electron chi connectivity index (χ0n) is 11.8. The van der Waals surface area contributed by atoms with Crippen molar-refractivity contribution in [3.05, 3.63) is 65.2 Å². The zero-order chi connectivity index (χ0) is 15.2. The first-order valence-electron chi connectivity index (χ1n) is 6.45. The number of hydrogen-bond acceptors (Lipinski definition) is 3. The Morgan fingerprint density at radius 1 is 1.14 bits per heavy atom. The first-order valence-corrected chi connectivity index (χ1v) is 6.45. The Morgan fingerprint density at radius 2 is 1.86 bits per heavy atom. The van der Waals surface area contributed by atoms with Crippen molar-refractivity contribution < 1.29 is 14.0 Å². The first kappa shape index (κ1) is 14.6. The van der Waals surface area contributed by atoms with Crippen molar-refractivity contribution >= 4 is 17.9 Å². The van der Waals surface area contributed by atoms with Crippen LogP contribution in [0.2, 0.25) is 0 Å². The standard InChI is InChI=1S/C16H16N2O3/c1-11-5-7-12(8-6-11)15(19)18-14(16(20)17-2)10-13-4-3-9-21-13/h3-10H,1-2H3,(H,17,20)(H,18,19)/b14-10+. The minimum Gasteiger partial charge on any atom is -0.465 e. The first-order chi connectivity index (χ1) is 10.1. The molecule has 108 valence electrons. The zero-order valence-corrected chi connectivity index (χ0v) is 11.8. The van der Waals surface area contributed by atoms with E-state index in [0.717, 1.165) is 5.56 Å². The number of benzene rings is 1. The van der Waals surface area contributed by atoms with Crippen LogP contribution >= 0.6 is 0 Å². The molecule has 21 heavy (non-hydrogen) atoms. The maximum absolute atomic E-state index is 12.2. The molecule has 0 saturated carbocycles. The molecule has 2 N–H and O–H groups in total. The second-order valence-corrected chi connectivity index (χ2v) is 4.47. The summed E-state index contributed by atoms with van der Waals surface area (Å²) in [5.41, 5.74) is 1.66. The molecule has 0 fully saturated rings. The minimum absolute atomic E-state index is 0.123. The molecular weight excluding hydrogens is 268 g/mol. The Hall–Kier alpha value is -2.82. The summed E-state index contributed by atoms with van der Waals surface area (Å²) in [5.74, 6) is -0.263. The number of likely N-dealkylation sites (N-methyl/N-ethyl adjacent to an activating group) is 1. The third kappa shape index (κ3) is 3.82. The van der Waals surface area contributed by atoms with Gasteiger partial charge in [-0.2, -0.15) is 0 Å². The van der Waals surface area contributed by atoms with Crippen LogP contribution < -0.4 is 10.6 Å². The van der Waals surface area contributed by atoms with Crippen molar-refractivity contribution in [2.75, 3.05) is 7.05 Å². The molecule has 0 saturated heterocycles. The fourth-order valence-corrected chi connectivity index (χ4v) is 1.71. The van der Waals surface area contributed by atoms with E-state index in [2.05, 4.69) is 10.6 Å². The number of rotatable bonds is 4. The van der Waals surface area contributed by atoms with Crippen molar-refractivity contribution in [2.24, 2.45) is 0 Å². The van der Waals surface area contributed by atoms with Crippen LogP contribution in [0.5, 0.6) is 0 Å². The van der Waals surface area contributed by atoms with Crippen molar-refractivity contribution in [1.82, 2.24) is 10.6 Å². The Labute approximate surface area is 122 Å². The lowest BCUT2D eigenvalue weighted by molar-refractivity contribution is -0.117. The lowest BCUT2D eigenvalue weighted by Gasteiger charge is -2.08. The predicted octanol–water partition coefficient (Wildman–Crippen LogP) is 2.10. The number of hydrogen-bond donors (Lipinski definition) is 2. The summed E-state index contributed by atoms with van der Waals surface area (Å²) in [5, 5.41) is 5.07. The molecule has 0 aliphatic heterocycles. The van der Waals surface area contributed by atoms with Crippen LogP contribution in [0.25, 0.3) is 6.08 Å². The van der Waals surface area contributed by atoms with Gasteiger partial charge in [0.25, 0.3) is 11.8 Å². The van der Waals surface area contributed by atoms with Crippen LogP contribution in [0.15, 0.2) is 52.8 Å². The molecule has 1 aromatic heterocycles. The van der Waals surface area contributed by atoms with Gasteiger partial charge in [0.2, 0.25) is 0 Å². The lowest BCUT2D eigenvalue weighted by atomic mass is 10.1. The molecule has 0 aliphatic rings. The summed E-state index contributed by atoms with van der Waals surface area (Å²) in [6.45, 7) is 1.94. The molecule has 0 unspecified atom stereocenters. The average molecular weight is 284 g/mol. The fraction of sp³-hybridized carbons (Fsp3) is 0.125. The third-order valence-electron chi connectivity index (χ3n) is 2.86. The van der Waals surface area contributed by atoms with Gasteiger partial charge in [-0.3, -0.25) is 9.59 Å². The average Bonchev–Trinajstić information content (AvgIpc) is 2.99. The molecule has 2 rings (SSSR count). The lowest BCUT2D eigenvalue weighted by Crippen LogP contribution is -2.33. The van der Waals surface area contributed by atoms with Crippen LogP contribution in [-0.4, -0.2) is 18.9 Å². The van der Waals surface area contributed by atoms with Gasteiger partial charge < -0.3 is 15.1 Å². The molecule has 1 aromatic carbocycles. The van der Waals surface area contributed by atoms with Gasteiger partial charge in [0.15, 0.2) is 0 Å². The molecule has 5 heteroatoms. The molecule has 0 aliphatic carbocycles. The molecular formula is C16H16N2O3. The van der Waals surface area contributed by atoms with E-state index in [1.54, 1.807) is 24.3 Å². The second kappa shape index (κ2) is 6.56. The molecule has 2 aromatic rings. The van der Waals surface area contributed by atoms with Crippen molar-refractivity contribution in [1.29, 1.82) is 0 Å². The van der Waals surface area contributed by atoms with Gasteiger partial charge in [-0.25, -0.2) is 0 Å². The van der Waals surface area contributed by atoms with Gasteiger partial charge in [-0.1, -0.05) is 17.7 Å². The highest BCUT2D eigenvalue weighted by Gasteiger charge is 2.13. The number of nitrogens with one attached hydrogen (secondary N) is 2. The van der Waals surface area contributed by atoms with Crippen molar-refractivity contribution in [3.8, 4) is 0 Å². The van der Waals surface area contributed by atoms with E-state index in [0.29, 0.717) is 11.3 Å². The van der Waals surface area contributed by atoms with Crippen LogP contribution in [0.4, 0.5) is 0 Å². The summed E-state index contributed by atoms with van der Waals surface area (Å²) < 4.78 is 5.15. The quantitative estimate of drug-likeness (QED) is 0.845. The normalized spacial score (nSPS) is 11.0. The molecule has 1 heterocycles. The van der Waals surface area contributed by atoms with Crippen LogP contribution in [-0.2, 0) is 4.79 Å². The monoisotopic (exact) mass is 284 g/mol. The maximum atomic E-state index is 12.2. The van der Waals surface area contributed by atoms with Crippen LogP contribution in [0, 0.1) is 6.92 Å². The third-order valence-corrected chi connectivity index (χ3v) is 2.86. The number of aryl methyl sites for hydroxylation is 1. The van der Waals surface area contributed by atoms with Gasteiger partial charge in [0, 0.05) is 18.7 Å². The van der Waals surface area contributed by atoms with Gasteiger partial charge >= 0.3 is 0 Å². The molecule has 0 atom stereocenters. The SMILES string of the molecule is CNC(=O)/C(=C\c1ccco1)NC(=O)c1ccc(C)cc1. The Bertz CT molecular complexity index is 655. The van der Waals surface area contributed by atoms with E-state index in [9.17, 15) is 9.59 Å². The fourth-order valence-electron chi connectivity index (χ4n) is 1.71. The van der Waals surface area contributed by atoms with E-state index >= 15 is 0 Å². The number of carbonyl (C=O) groups excluding carboxylic acids is 2.